The summed E-state index contributed by atoms with van der Waals surface area (Å²) in [5, 5.41) is 12.5. The summed E-state index contributed by atoms with van der Waals surface area (Å²) in [6, 6.07) is 36.7. The molecule has 0 amide bonds. The number of esters is 1. The molecule has 4 aliphatic heterocycles. The fourth-order valence-corrected chi connectivity index (χ4v) is 12.0. The van der Waals surface area contributed by atoms with E-state index in [0.717, 1.165) is 126 Å². The number of hydrogen-bond acceptors (Lipinski definition) is 27. The molecule has 12 aromatic rings. The molecule has 4 fully saturated rings. The number of ether oxygens (including phenoxy) is 2. The number of aromatic nitrogens is 15. The number of nitrogens with zero attached hydrogens (tertiary/aromatic N) is 20. The lowest BCUT2D eigenvalue weighted by atomic mass is 10.1. The number of fused-ring (bicyclic) bond motifs is 3. The highest BCUT2D eigenvalue weighted by Crippen LogP contribution is 2.29. The van der Waals surface area contributed by atoms with Crippen molar-refractivity contribution in [1.29, 1.82) is 0 Å². The van der Waals surface area contributed by atoms with E-state index in [1.165, 1.54) is 42.6 Å². The molecule has 0 aliphatic carbocycles. The molecule has 0 atom stereocenters. The largest absolute Gasteiger partial charge is 0.469 e. The Hall–Kier alpha value is -11.8. The molecule has 4 aliphatic rings. The smallest absolute Gasteiger partial charge is 0.373 e. The van der Waals surface area contributed by atoms with Gasteiger partial charge >= 0.3 is 12.1 Å². The van der Waals surface area contributed by atoms with E-state index < -0.39 is 0 Å². The summed E-state index contributed by atoms with van der Waals surface area (Å²) in [4.78, 5) is 90.6. The molecular formula is C72H81ClN24O6. The minimum atomic E-state index is -0.195. The Labute approximate surface area is 599 Å². The lowest BCUT2D eigenvalue weighted by molar-refractivity contribution is -0.191. The van der Waals surface area contributed by atoms with Crippen LogP contribution in [-0.2, 0) is 43.1 Å². The summed E-state index contributed by atoms with van der Waals surface area (Å²) >= 11 is 5.78. The second-order valence-corrected chi connectivity index (χ2v) is 24.2. The number of anilines is 8. The van der Waals surface area contributed by atoms with Crippen molar-refractivity contribution >= 4 is 104 Å². The maximum absolute atomic E-state index is 11.1. The number of nitrogens with two attached hydrogens (primary N) is 3. The minimum absolute atomic E-state index is 0.103. The van der Waals surface area contributed by atoms with Crippen LogP contribution >= 0.6 is 11.6 Å². The quantitative estimate of drug-likeness (QED) is 0.0584. The van der Waals surface area contributed by atoms with Crippen molar-refractivity contribution < 1.29 is 29.0 Å². The van der Waals surface area contributed by atoms with Crippen LogP contribution in [0.5, 0.6) is 0 Å². The van der Waals surface area contributed by atoms with Crippen molar-refractivity contribution in [3.8, 4) is 17.1 Å². The molecule has 103 heavy (non-hydrogen) atoms. The second kappa shape index (κ2) is 36.0. The molecule has 30 nitrogen and oxygen atoms in total. The van der Waals surface area contributed by atoms with Crippen molar-refractivity contribution in [1.82, 2.24) is 78.8 Å². The molecule has 0 radical (unpaired) electrons. The third kappa shape index (κ3) is 18.8. The number of carbonyl (C=O) groups is 1. The first-order valence-corrected chi connectivity index (χ1v) is 34.2. The van der Waals surface area contributed by atoms with Crippen molar-refractivity contribution in [2.24, 2.45) is 0 Å². The van der Waals surface area contributed by atoms with E-state index in [1.807, 2.05) is 57.7 Å². The zero-order valence-electron chi connectivity index (χ0n) is 57.3. The number of piperazine rings is 3. The number of carbonyl (C=O) groups excluding carboxylic acids is 3. The number of aryl methyl sites for hydroxylation is 1. The van der Waals surface area contributed by atoms with Crippen LogP contribution in [0.25, 0.3) is 50.6 Å². The van der Waals surface area contributed by atoms with Crippen LogP contribution in [0.3, 0.4) is 0 Å². The van der Waals surface area contributed by atoms with E-state index in [0.29, 0.717) is 69.9 Å². The molecule has 8 N–H and O–H groups in total. The number of rotatable bonds is 13. The second-order valence-electron chi connectivity index (χ2n) is 23.8. The number of aliphatic hydroxyl groups excluding tert-OH is 1. The van der Waals surface area contributed by atoms with Crippen molar-refractivity contribution in [3.63, 3.8) is 0 Å². The fraction of sp³-hybridized carbons (Fsp3) is 0.306. The third-order valence-corrected chi connectivity index (χ3v) is 17.6. The van der Waals surface area contributed by atoms with Crippen LogP contribution < -0.4 is 47.0 Å². The molecule has 532 valence electrons. The standard InChI is InChI=1S/C22H24N8O.C22H24N8.C13H18N2O2.C10H7ClN6.C4H8O.CO2/c23-20-19-21(30(15-25-19)18-5-8-24-9-6-18)27-22(26-20)29-12-10-28(11-13-29)17-3-1-16(2-4-17)7-14-31;1-2-16-3-5-17(6-4-16)28-11-13-29(14-12-28)22-26-20(23)19-21(27-22)30(15-25-19)18-7-9-24-10-8-18;1-17-13(16)10-11-2-4-12(5-3-11)15-8-6-14-7-9-15;11-10-15-8(12)7-9(16-10)17(5-14-7)6-1-3-13-4-2-6;1-2-4-5-3-1;2-1-3/h1-6,8-9,15,31H,7,10-14H2,(H2,23,26,27);3-10,15H,2,11-14H2,1H3,(H2,23,26,27);2-5,14H,6-10H2,1H3;1-5H,(H2,12,15,16);1-4H2;. The Morgan fingerprint density at radius 3 is 1.22 bits per heavy atom. The highest BCUT2D eigenvalue weighted by molar-refractivity contribution is 6.28. The SMILES string of the molecule is C1CCOC1.CCc1ccc(N2CCN(c3nc(N)c4ncn(-c5ccncc5)c4n3)CC2)cc1.COC(=O)Cc1ccc(N2CCNCC2)cc1.Nc1nc(Cl)nc2c1ncn2-c1ccncc1.Nc1nc(N2CCN(c3ccc(CCO)cc3)CC2)nc2c1ncn2-c1ccncc1.O=C=O. The topological polar surface area (TPSA) is 366 Å². The first-order chi connectivity index (χ1) is 50.4. The van der Waals surface area contributed by atoms with Crippen molar-refractivity contribution in [2.45, 2.75) is 39.0 Å². The lowest BCUT2D eigenvalue weighted by Gasteiger charge is -2.36. The van der Waals surface area contributed by atoms with Gasteiger partial charge in [-0.1, -0.05) is 43.3 Å². The average molecular weight is 1410 g/mol. The average Bonchev–Trinajstić information content (AvgIpc) is 1.69. The number of benzene rings is 3. The van der Waals surface area contributed by atoms with Crippen LogP contribution in [0.4, 0.5) is 46.4 Å². The maximum atomic E-state index is 11.1. The molecule has 13 heterocycles. The van der Waals surface area contributed by atoms with Crippen molar-refractivity contribution in [2.75, 3.05) is 147 Å². The summed E-state index contributed by atoms with van der Waals surface area (Å²) < 4.78 is 15.2. The van der Waals surface area contributed by atoms with Gasteiger partial charge in [0, 0.05) is 153 Å². The molecule has 0 spiro atoms. The van der Waals surface area contributed by atoms with Gasteiger partial charge in [-0.25, -0.2) is 15.0 Å². The molecular weight excluding hydrogens is 1330 g/mol. The molecule has 16 rings (SSSR count). The van der Waals surface area contributed by atoms with Gasteiger partial charge in [-0.3, -0.25) is 33.4 Å². The van der Waals surface area contributed by atoms with Gasteiger partial charge in [-0.15, -0.1) is 0 Å². The number of imidazole rings is 3. The van der Waals surface area contributed by atoms with Gasteiger partial charge < -0.3 is 61.6 Å². The van der Waals surface area contributed by atoms with Gasteiger partial charge in [-0.05, 0) is 127 Å². The molecule has 4 saturated heterocycles. The number of nitrogens with one attached hydrogen (secondary N) is 1. The lowest BCUT2D eigenvalue weighted by Crippen LogP contribution is -2.47. The van der Waals surface area contributed by atoms with Crippen LogP contribution in [0.1, 0.15) is 36.5 Å². The van der Waals surface area contributed by atoms with Gasteiger partial charge in [0.1, 0.15) is 19.0 Å². The number of halogens is 1. The summed E-state index contributed by atoms with van der Waals surface area (Å²) in [5.74, 6) is 2.14. The van der Waals surface area contributed by atoms with E-state index in [-0.39, 0.29) is 29.8 Å². The van der Waals surface area contributed by atoms with Gasteiger partial charge in [0.15, 0.2) is 50.9 Å². The van der Waals surface area contributed by atoms with Gasteiger partial charge in [0.05, 0.1) is 30.6 Å². The van der Waals surface area contributed by atoms with Crippen LogP contribution in [-0.4, -0.2) is 196 Å². The summed E-state index contributed by atoms with van der Waals surface area (Å²) in [6.45, 7) is 15.3. The number of aliphatic hydroxyl groups is 1. The van der Waals surface area contributed by atoms with Gasteiger partial charge in [0.25, 0.3) is 0 Å². The molecule has 31 heteroatoms. The Morgan fingerprint density at radius 1 is 0.495 bits per heavy atom. The highest BCUT2D eigenvalue weighted by atomic mass is 35.5. The van der Waals surface area contributed by atoms with Crippen LogP contribution in [0.15, 0.2) is 165 Å². The van der Waals surface area contributed by atoms with E-state index in [4.69, 9.17) is 58.2 Å². The first kappa shape index (κ1) is 72.4. The first-order valence-electron chi connectivity index (χ1n) is 33.8. The number of methoxy groups -OCH3 is 1. The Bertz CT molecular complexity index is 4670. The predicted molar refractivity (Wildman–Crippen MR) is 396 cm³/mol. The zero-order chi connectivity index (χ0) is 71.9. The van der Waals surface area contributed by atoms with E-state index in [9.17, 15) is 4.79 Å². The molecule has 9 aromatic heterocycles. The summed E-state index contributed by atoms with van der Waals surface area (Å²) in [7, 11) is 1.41. The van der Waals surface area contributed by atoms with E-state index in [2.05, 4.69) is 152 Å². The Balaban J connectivity index is 0.000000137. The highest BCUT2D eigenvalue weighted by Gasteiger charge is 2.25. The monoisotopic (exact) mass is 1410 g/mol. The number of pyridine rings is 3. The summed E-state index contributed by atoms with van der Waals surface area (Å²) in [5.41, 5.74) is 31.8. The summed E-state index contributed by atoms with van der Waals surface area (Å²) in [6.07, 6.45) is 20.3. The molecule has 0 unspecified atom stereocenters. The minimum Gasteiger partial charge on any atom is -0.469 e. The molecule has 0 saturated carbocycles. The van der Waals surface area contributed by atoms with Gasteiger partial charge in [0.2, 0.25) is 17.2 Å². The zero-order valence-corrected chi connectivity index (χ0v) is 58.0. The van der Waals surface area contributed by atoms with Crippen LogP contribution in [0, 0.1) is 0 Å². The fourth-order valence-electron chi connectivity index (χ4n) is 11.8. The molecule has 3 aromatic carbocycles. The van der Waals surface area contributed by atoms with E-state index >= 15 is 0 Å². The van der Waals surface area contributed by atoms with Gasteiger partial charge in [-0.2, -0.15) is 39.5 Å². The maximum Gasteiger partial charge on any atom is 0.373 e. The predicted octanol–water partition coefficient (Wildman–Crippen LogP) is 6.81. The van der Waals surface area contributed by atoms with Crippen molar-refractivity contribution in [3.05, 3.63) is 187 Å². The molecule has 0 bridgehead atoms. The Morgan fingerprint density at radius 2 is 0.854 bits per heavy atom. The van der Waals surface area contributed by atoms with Crippen LogP contribution in [0.2, 0.25) is 5.28 Å². The third-order valence-electron chi connectivity index (χ3n) is 17.4. The normalized spacial score (nSPS) is 14.2. The van der Waals surface area contributed by atoms with E-state index in [1.54, 1.807) is 60.7 Å². The Kier molecular flexibility index (Phi) is 25.3. The number of nitrogen functional groups attached to an aromatic ring is 3. The number of hydrogen-bond donors (Lipinski definition) is 5.